The molecule has 0 amide bonds. The minimum Gasteiger partial charge on any atom is -0.264 e. The van der Waals surface area contributed by atoms with Crippen molar-refractivity contribution in [1.29, 1.82) is 0 Å². The Balaban J connectivity index is 1.82. The summed E-state index contributed by atoms with van der Waals surface area (Å²) in [5.74, 6) is 0. The Labute approximate surface area is 101 Å². The number of nitrogens with zero attached hydrogens (tertiary/aromatic N) is 1. The maximum atomic E-state index is 5.82. The zero-order chi connectivity index (χ0) is 11.2. The van der Waals surface area contributed by atoms with Crippen LogP contribution < -0.4 is 0 Å². The van der Waals surface area contributed by atoms with Gasteiger partial charge in [0.25, 0.3) is 0 Å². The van der Waals surface area contributed by atoms with Gasteiger partial charge < -0.3 is 0 Å². The van der Waals surface area contributed by atoms with E-state index in [1.165, 1.54) is 11.1 Å². The molecule has 0 fully saturated rings. The van der Waals surface area contributed by atoms with Gasteiger partial charge in [-0.2, -0.15) is 0 Å². The predicted molar refractivity (Wildman–Crippen MR) is 67.4 cm³/mol. The maximum Gasteiger partial charge on any atom is 0.0406 e. The molecule has 1 radical (unpaired) electrons. The lowest BCUT2D eigenvalue weighted by molar-refractivity contribution is 1.02. The van der Waals surface area contributed by atoms with Crippen molar-refractivity contribution < 1.29 is 0 Å². The third-order valence-corrected chi connectivity index (χ3v) is 2.65. The summed E-state index contributed by atoms with van der Waals surface area (Å²) in [6.45, 7) is 0. The molecule has 2 rings (SSSR count). The van der Waals surface area contributed by atoms with Crippen LogP contribution >= 0.6 is 11.6 Å². The van der Waals surface area contributed by atoms with E-state index in [2.05, 4.69) is 29.6 Å². The van der Waals surface area contributed by atoms with Gasteiger partial charge in [-0.3, -0.25) is 4.98 Å². The average molecular weight is 231 g/mol. The summed E-state index contributed by atoms with van der Waals surface area (Å²) in [5, 5.41) is 0.788. The smallest absolute Gasteiger partial charge is 0.0406 e. The van der Waals surface area contributed by atoms with Crippen molar-refractivity contribution in [1.82, 2.24) is 4.98 Å². The fraction of sp³-hybridized carbons (Fsp3) is 0.143. The summed E-state index contributed by atoms with van der Waals surface area (Å²) < 4.78 is 0. The number of pyridine rings is 1. The Morgan fingerprint density at radius 3 is 2.44 bits per heavy atom. The van der Waals surface area contributed by atoms with E-state index in [-0.39, 0.29) is 0 Å². The van der Waals surface area contributed by atoms with E-state index in [9.17, 15) is 0 Å². The number of benzene rings is 1. The molecule has 81 valence electrons. The molecule has 0 aliphatic rings. The fourth-order valence-electron chi connectivity index (χ4n) is 1.54. The number of halogens is 1. The van der Waals surface area contributed by atoms with Gasteiger partial charge in [0.2, 0.25) is 0 Å². The topological polar surface area (TPSA) is 12.9 Å². The molecule has 0 spiro atoms. The minimum atomic E-state index is 0.788. The average Bonchev–Trinajstić information content (AvgIpc) is 2.33. The zero-order valence-electron chi connectivity index (χ0n) is 8.94. The van der Waals surface area contributed by atoms with Gasteiger partial charge in [-0.25, -0.2) is 0 Å². The lowest BCUT2D eigenvalue weighted by Gasteiger charge is -2.01. The van der Waals surface area contributed by atoms with Crippen LogP contribution in [0.4, 0.5) is 0 Å². The second-order valence-corrected chi connectivity index (χ2v) is 4.12. The second-order valence-electron chi connectivity index (χ2n) is 3.68. The summed E-state index contributed by atoms with van der Waals surface area (Å²) in [6.07, 6.45) is 7.86. The van der Waals surface area contributed by atoms with Gasteiger partial charge in [-0.05, 0) is 48.6 Å². The van der Waals surface area contributed by atoms with Crippen molar-refractivity contribution in [2.75, 3.05) is 0 Å². The van der Waals surface area contributed by atoms with Crippen LogP contribution in [-0.4, -0.2) is 4.98 Å². The van der Waals surface area contributed by atoms with Crippen molar-refractivity contribution in [3.63, 3.8) is 0 Å². The third-order valence-electron chi connectivity index (χ3n) is 2.40. The van der Waals surface area contributed by atoms with E-state index in [1.54, 1.807) is 6.20 Å². The van der Waals surface area contributed by atoms with Crippen LogP contribution in [0.2, 0.25) is 5.02 Å². The molecule has 0 bridgehead atoms. The van der Waals surface area contributed by atoms with E-state index in [4.69, 9.17) is 11.6 Å². The molecule has 1 aromatic heterocycles. The largest absolute Gasteiger partial charge is 0.264 e. The third kappa shape index (κ3) is 3.35. The van der Waals surface area contributed by atoms with Crippen molar-refractivity contribution in [2.45, 2.75) is 12.8 Å². The highest BCUT2D eigenvalue weighted by atomic mass is 35.5. The highest BCUT2D eigenvalue weighted by molar-refractivity contribution is 6.30. The molecule has 0 saturated heterocycles. The molecule has 0 saturated carbocycles. The molecule has 2 heteroatoms. The van der Waals surface area contributed by atoms with Crippen LogP contribution in [0.5, 0.6) is 0 Å². The molecule has 0 N–H and O–H groups in total. The van der Waals surface area contributed by atoms with Crippen LogP contribution in [-0.2, 0) is 12.8 Å². The second kappa shape index (κ2) is 5.66. The molecule has 2 aromatic rings. The Morgan fingerprint density at radius 1 is 1.00 bits per heavy atom. The Bertz CT molecular complexity index is 422. The molecule has 1 heterocycles. The van der Waals surface area contributed by atoms with E-state index in [0.717, 1.165) is 17.9 Å². The summed E-state index contributed by atoms with van der Waals surface area (Å²) >= 11 is 5.82. The first kappa shape index (κ1) is 11.2. The van der Waals surface area contributed by atoms with Crippen molar-refractivity contribution >= 4 is 11.6 Å². The van der Waals surface area contributed by atoms with Gasteiger partial charge in [0.05, 0.1) is 0 Å². The lowest BCUT2D eigenvalue weighted by Crippen LogP contribution is -1.91. The van der Waals surface area contributed by atoms with Crippen LogP contribution in [0.15, 0.2) is 48.8 Å². The summed E-state index contributed by atoms with van der Waals surface area (Å²) in [4.78, 5) is 4.08. The molecule has 16 heavy (non-hydrogen) atoms. The van der Waals surface area contributed by atoms with Gasteiger partial charge in [0.15, 0.2) is 0 Å². The van der Waals surface area contributed by atoms with Gasteiger partial charge in [-0.15, -0.1) is 0 Å². The van der Waals surface area contributed by atoms with Gasteiger partial charge in [-0.1, -0.05) is 29.8 Å². The normalized spacial score (nSPS) is 10.3. The van der Waals surface area contributed by atoms with Crippen molar-refractivity contribution in [3.05, 3.63) is 71.4 Å². The van der Waals surface area contributed by atoms with Crippen LogP contribution in [0.1, 0.15) is 11.1 Å². The van der Waals surface area contributed by atoms with Gasteiger partial charge >= 0.3 is 0 Å². The van der Waals surface area contributed by atoms with E-state index in [1.807, 2.05) is 24.4 Å². The maximum absolute atomic E-state index is 5.82. The van der Waals surface area contributed by atoms with E-state index in [0.29, 0.717) is 0 Å². The SMILES string of the molecule is Clc1ccc(C[CH]Cc2cccnc2)cc1. The first-order valence-corrected chi connectivity index (χ1v) is 5.67. The van der Waals surface area contributed by atoms with Gasteiger partial charge in [0, 0.05) is 17.4 Å². The molecule has 0 aliphatic heterocycles. The summed E-state index contributed by atoms with van der Waals surface area (Å²) in [5.41, 5.74) is 2.53. The fourth-order valence-corrected chi connectivity index (χ4v) is 1.67. The van der Waals surface area contributed by atoms with E-state index >= 15 is 0 Å². The lowest BCUT2D eigenvalue weighted by atomic mass is 10.1. The minimum absolute atomic E-state index is 0.788. The molecular formula is C14H13ClN. The Hall–Kier alpha value is -1.34. The van der Waals surface area contributed by atoms with Crippen LogP contribution in [0, 0.1) is 6.42 Å². The molecule has 0 aliphatic carbocycles. The van der Waals surface area contributed by atoms with Crippen LogP contribution in [0.25, 0.3) is 0 Å². The van der Waals surface area contributed by atoms with Crippen molar-refractivity contribution in [2.24, 2.45) is 0 Å². The number of hydrogen-bond acceptors (Lipinski definition) is 1. The Kier molecular flexibility index (Phi) is 3.95. The molecule has 1 nitrogen and oxygen atoms in total. The molecular weight excluding hydrogens is 218 g/mol. The zero-order valence-corrected chi connectivity index (χ0v) is 9.69. The molecule has 0 atom stereocenters. The predicted octanol–water partition coefficient (Wildman–Crippen LogP) is 3.72. The molecule has 0 unspecified atom stereocenters. The Morgan fingerprint density at radius 2 is 1.75 bits per heavy atom. The van der Waals surface area contributed by atoms with Crippen LogP contribution in [0.3, 0.4) is 0 Å². The first-order valence-electron chi connectivity index (χ1n) is 5.29. The van der Waals surface area contributed by atoms with E-state index < -0.39 is 0 Å². The summed E-state index contributed by atoms with van der Waals surface area (Å²) in [6, 6.07) is 12.0. The first-order chi connectivity index (χ1) is 7.84. The summed E-state index contributed by atoms with van der Waals surface area (Å²) in [7, 11) is 0. The monoisotopic (exact) mass is 230 g/mol. The number of hydrogen-bond donors (Lipinski definition) is 0. The highest BCUT2D eigenvalue weighted by Crippen LogP contribution is 2.11. The standard InChI is InChI=1S/C14H13ClN/c15-14-8-6-12(7-9-14)3-1-4-13-5-2-10-16-11-13/h1-2,5-11H,3-4H2. The number of aromatic nitrogens is 1. The van der Waals surface area contributed by atoms with Gasteiger partial charge in [0.1, 0.15) is 0 Å². The van der Waals surface area contributed by atoms with Crippen molar-refractivity contribution in [3.8, 4) is 0 Å². The highest BCUT2D eigenvalue weighted by Gasteiger charge is 1.96. The number of rotatable bonds is 4. The quantitative estimate of drug-likeness (QED) is 0.780. The molecule has 1 aromatic carbocycles.